The fourth-order valence-corrected chi connectivity index (χ4v) is 5.62. The van der Waals surface area contributed by atoms with Gasteiger partial charge in [-0.3, -0.25) is 19.9 Å². The lowest BCUT2D eigenvalue weighted by atomic mass is 10.1. The number of amides is 1. The second-order valence-corrected chi connectivity index (χ2v) is 11.3. The molecule has 11 nitrogen and oxygen atoms in total. The molecule has 0 fully saturated rings. The maximum absolute atomic E-state index is 13.3. The zero-order valence-corrected chi connectivity index (χ0v) is 22.4. The fraction of sp³-hybridized carbons (Fsp3) is 0.250. The number of hydrogen-bond donors (Lipinski definition) is 5. The SMILES string of the molecule is N=C(N)N(CCCC(N)C(=O)O)C(=O)CS(=O)(=O)c1cccc2ccc(NCc3cc(Cl)cc(Cl)c3)nc12. The molecule has 1 unspecified atom stereocenters. The van der Waals surface area contributed by atoms with Gasteiger partial charge in [-0.25, -0.2) is 13.4 Å². The number of halogens is 2. The minimum absolute atomic E-state index is 0.0174. The van der Waals surface area contributed by atoms with Crippen molar-refractivity contribution in [2.24, 2.45) is 11.5 Å². The normalized spacial score (nSPS) is 12.2. The zero-order chi connectivity index (χ0) is 28.0. The number of fused-ring (bicyclic) bond motifs is 1. The first-order chi connectivity index (χ1) is 17.9. The van der Waals surface area contributed by atoms with Crippen molar-refractivity contribution in [3.63, 3.8) is 0 Å². The molecule has 0 aliphatic heterocycles. The van der Waals surface area contributed by atoms with Gasteiger partial charge in [-0.15, -0.1) is 0 Å². The number of benzene rings is 2. The van der Waals surface area contributed by atoms with Crippen LogP contribution in [0.3, 0.4) is 0 Å². The molecule has 1 amide bonds. The highest BCUT2D eigenvalue weighted by Gasteiger charge is 2.27. The summed E-state index contributed by atoms with van der Waals surface area (Å²) in [5.41, 5.74) is 11.9. The molecule has 0 aliphatic rings. The molecule has 1 atom stereocenters. The minimum Gasteiger partial charge on any atom is -0.480 e. The number of nitrogens with two attached hydrogens (primary N) is 2. The third-order valence-corrected chi connectivity index (χ3v) is 7.60. The number of hydrogen-bond acceptors (Lipinski definition) is 8. The monoisotopic (exact) mass is 580 g/mol. The van der Waals surface area contributed by atoms with Gasteiger partial charge in [-0.1, -0.05) is 35.3 Å². The Morgan fingerprint density at radius 2 is 1.82 bits per heavy atom. The molecule has 1 aromatic heterocycles. The predicted molar refractivity (Wildman–Crippen MR) is 146 cm³/mol. The van der Waals surface area contributed by atoms with Crippen molar-refractivity contribution in [3.05, 3.63) is 64.1 Å². The maximum Gasteiger partial charge on any atom is 0.320 e. The van der Waals surface area contributed by atoms with E-state index >= 15 is 0 Å². The van der Waals surface area contributed by atoms with E-state index < -0.39 is 39.5 Å². The predicted octanol–water partition coefficient (Wildman–Crippen LogP) is 2.84. The van der Waals surface area contributed by atoms with Crippen molar-refractivity contribution in [1.82, 2.24) is 9.88 Å². The molecule has 7 N–H and O–H groups in total. The number of rotatable bonds is 11. The molecule has 14 heteroatoms. The summed E-state index contributed by atoms with van der Waals surface area (Å²) in [5.74, 6) is -3.36. The Bertz CT molecular complexity index is 1460. The summed E-state index contributed by atoms with van der Waals surface area (Å²) in [6.45, 7) is 0.172. The van der Waals surface area contributed by atoms with Crippen LogP contribution in [0, 0.1) is 5.41 Å². The third kappa shape index (κ3) is 7.54. The Morgan fingerprint density at radius 1 is 1.13 bits per heavy atom. The summed E-state index contributed by atoms with van der Waals surface area (Å²) in [6, 6.07) is 11.9. The summed E-state index contributed by atoms with van der Waals surface area (Å²) >= 11 is 12.1. The summed E-state index contributed by atoms with van der Waals surface area (Å²) in [5, 5.41) is 21.2. The minimum atomic E-state index is -4.20. The number of carbonyl (C=O) groups excluding carboxylic acids is 1. The number of sulfone groups is 1. The van der Waals surface area contributed by atoms with E-state index in [0.717, 1.165) is 10.5 Å². The topological polar surface area (TPSA) is 193 Å². The molecule has 0 spiro atoms. The van der Waals surface area contributed by atoms with Crippen molar-refractivity contribution in [3.8, 4) is 0 Å². The molecule has 1 heterocycles. The van der Waals surface area contributed by atoms with E-state index in [9.17, 15) is 18.0 Å². The third-order valence-electron chi connectivity index (χ3n) is 5.53. The van der Waals surface area contributed by atoms with Crippen LogP contribution in [-0.4, -0.2) is 59.6 Å². The molecule has 202 valence electrons. The van der Waals surface area contributed by atoms with Crippen LogP contribution < -0.4 is 16.8 Å². The van der Waals surface area contributed by atoms with Gasteiger partial charge in [0.2, 0.25) is 5.91 Å². The van der Waals surface area contributed by atoms with Gasteiger partial charge in [0.1, 0.15) is 17.6 Å². The van der Waals surface area contributed by atoms with E-state index in [0.29, 0.717) is 27.8 Å². The van der Waals surface area contributed by atoms with Crippen LogP contribution in [0.15, 0.2) is 53.4 Å². The van der Waals surface area contributed by atoms with Crippen LogP contribution in [0.1, 0.15) is 18.4 Å². The van der Waals surface area contributed by atoms with Crippen LogP contribution in [0.25, 0.3) is 10.9 Å². The number of carboxylic acid groups (broad SMARTS) is 1. The van der Waals surface area contributed by atoms with E-state index in [2.05, 4.69) is 10.3 Å². The number of nitrogens with zero attached hydrogens (tertiary/aromatic N) is 2. The molecule has 0 saturated carbocycles. The van der Waals surface area contributed by atoms with Crippen LogP contribution in [-0.2, 0) is 26.0 Å². The van der Waals surface area contributed by atoms with Crippen molar-refractivity contribution in [2.75, 3.05) is 17.6 Å². The number of anilines is 1. The molecule has 38 heavy (non-hydrogen) atoms. The summed E-state index contributed by atoms with van der Waals surface area (Å²) in [7, 11) is -4.20. The first kappa shape index (κ1) is 29.1. The zero-order valence-electron chi connectivity index (χ0n) is 20.0. The Balaban J connectivity index is 1.80. The quantitative estimate of drug-likeness (QED) is 0.167. The molecule has 0 radical (unpaired) electrons. The number of carbonyl (C=O) groups is 2. The molecule has 0 bridgehead atoms. The number of nitrogens with one attached hydrogen (secondary N) is 2. The fourth-order valence-electron chi connectivity index (χ4n) is 3.67. The van der Waals surface area contributed by atoms with Gasteiger partial charge in [0, 0.05) is 28.5 Å². The van der Waals surface area contributed by atoms with Crippen LogP contribution in [0.4, 0.5) is 5.82 Å². The summed E-state index contributed by atoms with van der Waals surface area (Å²) in [6.07, 6.45) is 0.130. The molecule has 3 aromatic rings. The van der Waals surface area contributed by atoms with Crippen molar-refractivity contribution >= 4 is 67.6 Å². The van der Waals surface area contributed by atoms with E-state index in [-0.39, 0.29) is 29.8 Å². The lowest BCUT2D eigenvalue weighted by Gasteiger charge is -2.21. The van der Waals surface area contributed by atoms with Gasteiger partial charge in [0.25, 0.3) is 0 Å². The Kier molecular flexibility index (Phi) is 9.50. The van der Waals surface area contributed by atoms with Gasteiger partial charge >= 0.3 is 5.97 Å². The average molecular weight is 581 g/mol. The molecule has 0 saturated heterocycles. The molecule has 2 aromatic carbocycles. The Labute approximate surface area is 229 Å². The second-order valence-electron chi connectivity index (χ2n) is 8.43. The summed E-state index contributed by atoms with van der Waals surface area (Å²) in [4.78, 5) is 28.8. The number of guanidine groups is 1. The molecule has 3 rings (SSSR count). The van der Waals surface area contributed by atoms with E-state index in [1.807, 2.05) is 0 Å². The number of aromatic nitrogens is 1. The van der Waals surface area contributed by atoms with E-state index in [1.165, 1.54) is 6.07 Å². The first-order valence-electron chi connectivity index (χ1n) is 11.3. The summed E-state index contributed by atoms with van der Waals surface area (Å²) < 4.78 is 26.5. The Morgan fingerprint density at radius 3 is 2.45 bits per heavy atom. The number of pyridine rings is 1. The van der Waals surface area contributed by atoms with Crippen molar-refractivity contribution in [2.45, 2.75) is 30.3 Å². The largest absolute Gasteiger partial charge is 0.480 e. The van der Waals surface area contributed by atoms with Crippen molar-refractivity contribution in [1.29, 1.82) is 5.41 Å². The lowest BCUT2D eigenvalue weighted by molar-refractivity contribution is -0.138. The van der Waals surface area contributed by atoms with E-state index in [4.69, 9.17) is 45.2 Å². The number of aliphatic carboxylic acids is 1. The van der Waals surface area contributed by atoms with Gasteiger partial charge in [-0.05, 0) is 54.8 Å². The van der Waals surface area contributed by atoms with Crippen LogP contribution >= 0.6 is 23.2 Å². The second kappa shape index (κ2) is 12.4. The van der Waals surface area contributed by atoms with Crippen LogP contribution in [0.5, 0.6) is 0 Å². The number of carboxylic acids is 1. The standard InChI is InChI=1S/C24H26Cl2N6O5S/c25-16-9-14(10-17(26)11-16)12-30-20-7-6-15-3-1-5-19(22(15)31-20)38(36,37)13-21(33)32(24(28)29)8-2-4-18(27)23(34)35/h1,3,5-7,9-11,18H,2,4,8,12-13,27H2,(H3,28,29)(H,30,31)(H,34,35). The lowest BCUT2D eigenvalue weighted by Crippen LogP contribution is -2.45. The maximum atomic E-state index is 13.3. The highest BCUT2D eigenvalue weighted by molar-refractivity contribution is 7.92. The first-order valence-corrected chi connectivity index (χ1v) is 13.7. The van der Waals surface area contributed by atoms with Crippen molar-refractivity contribution < 1.29 is 23.1 Å². The average Bonchev–Trinajstić information content (AvgIpc) is 2.83. The van der Waals surface area contributed by atoms with Gasteiger partial charge in [0.15, 0.2) is 15.8 Å². The molecular weight excluding hydrogens is 555 g/mol. The van der Waals surface area contributed by atoms with Crippen LogP contribution in [0.2, 0.25) is 10.0 Å². The number of para-hydroxylation sites is 1. The van der Waals surface area contributed by atoms with Gasteiger partial charge < -0.3 is 21.9 Å². The molecule has 0 aliphatic carbocycles. The highest BCUT2D eigenvalue weighted by Crippen LogP contribution is 2.25. The van der Waals surface area contributed by atoms with E-state index in [1.54, 1.807) is 42.5 Å². The van der Waals surface area contributed by atoms with Gasteiger partial charge in [-0.2, -0.15) is 0 Å². The highest BCUT2D eigenvalue weighted by atomic mass is 35.5. The Hall–Kier alpha value is -3.45. The molecular formula is C24H26Cl2N6O5S. The smallest absolute Gasteiger partial charge is 0.320 e. The van der Waals surface area contributed by atoms with Gasteiger partial charge in [0.05, 0.1) is 10.4 Å².